The van der Waals surface area contributed by atoms with E-state index in [1.165, 1.54) is 5.56 Å². The number of carbonyl (C=O) groups is 2. The number of nitrogens with one attached hydrogen (secondary N) is 1. The van der Waals surface area contributed by atoms with Crippen molar-refractivity contribution in [2.45, 2.75) is 20.3 Å². The lowest BCUT2D eigenvalue weighted by Crippen LogP contribution is -2.36. The average molecular weight is 260 g/mol. The molecule has 1 aromatic carbocycles. The van der Waals surface area contributed by atoms with Gasteiger partial charge in [0, 0.05) is 18.7 Å². The second kappa shape index (κ2) is 5.97. The molecule has 0 aromatic heterocycles. The van der Waals surface area contributed by atoms with Gasteiger partial charge in [0.2, 0.25) is 5.91 Å². The Labute approximate surface area is 113 Å². The van der Waals surface area contributed by atoms with Crippen molar-refractivity contribution in [1.29, 1.82) is 0 Å². The number of ketones is 1. The van der Waals surface area contributed by atoms with Crippen molar-refractivity contribution in [3.05, 3.63) is 34.9 Å². The van der Waals surface area contributed by atoms with Crippen LogP contribution in [0.2, 0.25) is 0 Å². The lowest BCUT2D eigenvalue weighted by atomic mass is 10.0. The van der Waals surface area contributed by atoms with Gasteiger partial charge in [0.25, 0.3) is 0 Å². The summed E-state index contributed by atoms with van der Waals surface area (Å²) in [6.07, 6.45) is 0.895. The summed E-state index contributed by atoms with van der Waals surface area (Å²) in [6.45, 7) is 6.16. The third-order valence-corrected chi connectivity index (χ3v) is 3.54. The molecular formula is C15H20N2O2. The van der Waals surface area contributed by atoms with Crippen molar-refractivity contribution >= 4 is 11.7 Å². The first-order chi connectivity index (χ1) is 9.06. The molecule has 4 heteroatoms. The molecule has 0 saturated carbocycles. The first-order valence-corrected chi connectivity index (χ1v) is 6.66. The highest BCUT2D eigenvalue weighted by molar-refractivity contribution is 5.98. The van der Waals surface area contributed by atoms with E-state index in [2.05, 4.69) is 5.32 Å². The molecule has 1 heterocycles. The molecule has 0 aliphatic carbocycles. The van der Waals surface area contributed by atoms with Crippen molar-refractivity contribution in [3.63, 3.8) is 0 Å². The van der Waals surface area contributed by atoms with Crippen molar-refractivity contribution < 1.29 is 9.59 Å². The fraction of sp³-hybridized carbons (Fsp3) is 0.467. The molecule has 4 nitrogen and oxygen atoms in total. The summed E-state index contributed by atoms with van der Waals surface area (Å²) in [5, 5.41) is 2.81. The van der Waals surface area contributed by atoms with E-state index < -0.39 is 0 Å². The number of carbonyl (C=O) groups excluding carboxylic acids is 2. The van der Waals surface area contributed by atoms with Crippen LogP contribution in [0.25, 0.3) is 0 Å². The molecule has 1 amide bonds. The molecular weight excluding hydrogens is 240 g/mol. The molecule has 0 bridgehead atoms. The summed E-state index contributed by atoms with van der Waals surface area (Å²) in [7, 11) is 0. The van der Waals surface area contributed by atoms with Gasteiger partial charge in [-0.25, -0.2) is 0 Å². The molecule has 0 radical (unpaired) electrons. The van der Waals surface area contributed by atoms with Gasteiger partial charge in [0.1, 0.15) is 0 Å². The smallest absolute Gasteiger partial charge is 0.234 e. The monoisotopic (exact) mass is 260 g/mol. The Morgan fingerprint density at radius 1 is 1.32 bits per heavy atom. The van der Waals surface area contributed by atoms with Crippen LogP contribution in [0, 0.1) is 13.8 Å². The summed E-state index contributed by atoms with van der Waals surface area (Å²) in [4.78, 5) is 25.6. The maximum absolute atomic E-state index is 12.2. The molecule has 1 aliphatic rings. The van der Waals surface area contributed by atoms with Crippen LogP contribution < -0.4 is 5.32 Å². The van der Waals surface area contributed by atoms with E-state index in [9.17, 15) is 9.59 Å². The Bertz CT molecular complexity index is 497. The third kappa shape index (κ3) is 3.64. The van der Waals surface area contributed by atoms with Crippen molar-refractivity contribution in [1.82, 2.24) is 10.2 Å². The van der Waals surface area contributed by atoms with Crippen molar-refractivity contribution in [2.75, 3.05) is 26.2 Å². The predicted octanol–water partition coefficient (Wildman–Crippen LogP) is 1.31. The number of rotatable bonds is 3. The van der Waals surface area contributed by atoms with E-state index >= 15 is 0 Å². The summed E-state index contributed by atoms with van der Waals surface area (Å²) < 4.78 is 0. The van der Waals surface area contributed by atoms with Crippen LogP contribution in [0.1, 0.15) is 27.9 Å². The predicted molar refractivity (Wildman–Crippen MR) is 74.3 cm³/mol. The highest BCUT2D eigenvalue weighted by Gasteiger charge is 2.18. The average Bonchev–Trinajstić information content (AvgIpc) is 2.57. The van der Waals surface area contributed by atoms with Gasteiger partial charge < -0.3 is 5.32 Å². The molecule has 102 valence electrons. The zero-order valence-electron chi connectivity index (χ0n) is 11.5. The standard InChI is InChI=1S/C15H20N2O2/c1-11-4-5-13(8-12(11)2)14(18)9-17-7-3-6-16-15(19)10-17/h4-5,8H,3,6-7,9-10H2,1-2H3,(H,16,19). The third-order valence-electron chi connectivity index (χ3n) is 3.54. The molecule has 19 heavy (non-hydrogen) atoms. The fourth-order valence-corrected chi connectivity index (χ4v) is 2.21. The van der Waals surface area contributed by atoms with E-state index in [4.69, 9.17) is 0 Å². The molecule has 0 spiro atoms. The minimum absolute atomic E-state index is 0.00499. The van der Waals surface area contributed by atoms with Crippen LogP contribution in [0.3, 0.4) is 0 Å². The summed E-state index contributed by atoms with van der Waals surface area (Å²) in [6, 6.07) is 5.76. The lowest BCUT2D eigenvalue weighted by molar-refractivity contribution is -0.121. The summed E-state index contributed by atoms with van der Waals surface area (Å²) in [5.74, 6) is 0.0863. The van der Waals surface area contributed by atoms with Gasteiger partial charge >= 0.3 is 0 Å². The maximum Gasteiger partial charge on any atom is 0.234 e. The summed E-state index contributed by atoms with van der Waals surface area (Å²) in [5.41, 5.74) is 3.04. The zero-order chi connectivity index (χ0) is 13.8. The van der Waals surface area contributed by atoms with Gasteiger partial charge in [-0.3, -0.25) is 14.5 Å². The molecule has 1 saturated heterocycles. The number of hydrogen-bond donors (Lipinski definition) is 1. The van der Waals surface area contributed by atoms with E-state index in [0.717, 1.165) is 24.1 Å². The quantitative estimate of drug-likeness (QED) is 0.834. The number of hydrogen-bond acceptors (Lipinski definition) is 3. The molecule has 0 unspecified atom stereocenters. The van der Waals surface area contributed by atoms with Crippen molar-refractivity contribution in [2.24, 2.45) is 0 Å². The minimum Gasteiger partial charge on any atom is -0.355 e. The molecule has 1 N–H and O–H groups in total. The maximum atomic E-state index is 12.2. The van der Waals surface area contributed by atoms with Crippen LogP contribution in [-0.2, 0) is 4.79 Å². The molecule has 0 atom stereocenters. The molecule has 1 fully saturated rings. The van der Waals surface area contributed by atoms with Gasteiger partial charge in [-0.1, -0.05) is 12.1 Å². The number of Topliss-reactive ketones (excluding diaryl/α,β-unsaturated/α-hetero) is 1. The Morgan fingerprint density at radius 3 is 2.84 bits per heavy atom. The number of aryl methyl sites for hydroxylation is 2. The van der Waals surface area contributed by atoms with Crippen molar-refractivity contribution in [3.8, 4) is 0 Å². The van der Waals surface area contributed by atoms with Crippen LogP contribution in [0.5, 0.6) is 0 Å². The SMILES string of the molecule is Cc1ccc(C(=O)CN2CCCNC(=O)C2)cc1C. The Balaban J connectivity index is 2.03. The fourth-order valence-electron chi connectivity index (χ4n) is 2.21. The van der Waals surface area contributed by atoms with E-state index in [0.29, 0.717) is 19.6 Å². The van der Waals surface area contributed by atoms with E-state index in [1.807, 2.05) is 36.9 Å². The van der Waals surface area contributed by atoms with Crippen LogP contribution >= 0.6 is 0 Å². The van der Waals surface area contributed by atoms with Crippen LogP contribution in [0.15, 0.2) is 18.2 Å². The number of benzene rings is 1. The second-order valence-corrected chi connectivity index (χ2v) is 5.14. The van der Waals surface area contributed by atoms with E-state index in [1.54, 1.807) is 0 Å². The highest BCUT2D eigenvalue weighted by atomic mass is 16.2. The molecule has 1 aliphatic heterocycles. The minimum atomic E-state index is 0.00499. The Hall–Kier alpha value is -1.68. The first-order valence-electron chi connectivity index (χ1n) is 6.66. The van der Waals surface area contributed by atoms with Crippen LogP contribution in [0.4, 0.5) is 0 Å². The Morgan fingerprint density at radius 2 is 2.11 bits per heavy atom. The molecule has 2 rings (SSSR count). The molecule has 1 aromatic rings. The number of amides is 1. The lowest BCUT2D eigenvalue weighted by Gasteiger charge is -2.17. The van der Waals surface area contributed by atoms with Gasteiger partial charge in [0.05, 0.1) is 13.1 Å². The van der Waals surface area contributed by atoms with Gasteiger partial charge in [-0.2, -0.15) is 0 Å². The topological polar surface area (TPSA) is 49.4 Å². The second-order valence-electron chi connectivity index (χ2n) is 5.14. The normalized spacial score (nSPS) is 16.8. The Kier molecular flexibility index (Phi) is 4.32. The first kappa shape index (κ1) is 13.7. The van der Waals surface area contributed by atoms with Crippen LogP contribution in [-0.4, -0.2) is 42.8 Å². The number of nitrogens with zero attached hydrogens (tertiary/aromatic N) is 1. The zero-order valence-corrected chi connectivity index (χ0v) is 11.5. The highest BCUT2D eigenvalue weighted by Crippen LogP contribution is 2.11. The summed E-state index contributed by atoms with van der Waals surface area (Å²) >= 11 is 0. The van der Waals surface area contributed by atoms with Gasteiger partial charge in [-0.05, 0) is 37.5 Å². The van der Waals surface area contributed by atoms with Gasteiger partial charge in [-0.15, -0.1) is 0 Å². The van der Waals surface area contributed by atoms with Gasteiger partial charge in [0.15, 0.2) is 5.78 Å². The largest absolute Gasteiger partial charge is 0.355 e. The van der Waals surface area contributed by atoms with E-state index in [-0.39, 0.29) is 11.7 Å².